The summed E-state index contributed by atoms with van der Waals surface area (Å²) in [5, 5.41) is 13.5. The van der Waals surface area contributed by atoms with Gasteiger partial charge in [0.2, 0.25) is 17.8 Å². The van der Waals surface area contributed by atoms with Crippen molar-refractivity contribution in [2.75, 3.05) is 55.5 Å². The summed E-state index contributed by atoms with van der Waals surface area (Å²) in [6.45, 7) is 2.98. The van der Waals surface area contributed by atoms with Gasteiger partial charge in [0, 0.05) is 30.7 Å². The van der Waals surface area contributed by atoms with E-state index in [0.29, 0.717) is 75.0 Å². The van der Waals surface area contributed by atoms with Crippen LogP contribution in [0, 0.1) is 23.7 Å². The van der Waals surface area contributed by atoms with Crippen LogP contribution in [0.3, 0.4) is 0 Å². The normalized spacial score (nSPS) is 26.7. The van der Waals surface area contributed by atoms with Crippen molar-refractivity contribution in [2.45, 2.75) is 69.9 Å². The van der Waals surface area contributed by atoms with E-state index in [0.717, 1.165) is 23.7 Å². The fourth-order valence-electron chi connectivity index (χ4n) is 7.63. The maximum atomic E-state index is 12.0. The number of ether oxygens (including phenoxy) is 2. The van der Waals surface area contributed by atoms with Crippen molar-refractivity contribution in [2.24, 2.45) is 23.7 Å². The van der Waals surface area contributed by atoms with Crippen LogP contribution in [0.1, 0.15) is 68.1 Å². The average Bonchev–Trinajstić information content (AvgIpc) is 3.49. The van der Waals surface area contributed by atoms with E-state index in [1.807, 2.05) is 18.2 Å². The van der Waals surface area contributed by atoms with Crippen LogP contribution >= 0.6 is 0 Å². The lowest BCUT2D eigenvalue weighted by atomic mass is 9.54. The zero-order chi connectivity index (χ0) is 27.9. The Labute approximate surface area is 243 Å². The molecule has 5 aliphatic carbocycles. The molecule has 0 spiro atoms. The van der Waals surface area contributed by atoms with E-state index in [2.05, 4.69) is 26.3 Å². The molecule has 5 saturated carbocycles. The molecule has 222 valence electrons. The second kappa shape index (κ2) is 13.8. The number of rotatable bonds is 15. The van der Waals surface area contributed by atoms with Gasteiger partial charge in [-0.1, -0.05) is 31.0 Å². The Morgan fingerprint density at radius 2 is 1.34 bits per heavy atom. The zero-order valence-corrected chi connectivity index (χ0v) is 24.0. The summed E-state index contributed by atoms with van der Waals surface area (Å²) in [6, 6.07) is 10.1. The number of hydrogen-bond donors (Lipinski definition) is 4. The van der Waals surface area contributed by atoms with E-state index < -0.39 is 0 Å². The largest absolute Gasteiger partial charge is 0.377 e. The van der Waals surface area contributed by atoms with Gasteiger partial charge < -0.3 is 30.7 Å². The van der Waals surface area contributed by atoms with Gasteiger partial charge in [-0.25, -0.2) is 0 Å². The Hall–Kier alpha value is -2.98. The predicted octanol–water partition coefficient (Wildman–Crippen LogP) is 4.34. The van der Waals surface area contributed by atoms with Crippen molar-refractivity contribution in [1.82, 2.24) is 20.3 Å². The minimum absolute atomic E-state index is 0.0899. The number of nitrogens with one attached hydrogen (secondary N) is 4. The Bertz CT molecular complexity index is 1100. The SMILES string of the molecule is O=C(NCCOCCOCCNc1nc(NC2CCCC2)nc(NC2C3CC4CC(C3)CC2C4)n1)c1ccccc1. The van der Waals surface area contributed by atoms with Crippen molar-refractivity contribution >= 4 is 23.8 Å². The Morgan fingerprint density at radius 3 is 2.02 bits per heavy atom. The van der Waals surface area contributed by atoms with Crippen molar-refractivity contribution in [3.8, 4) is 0 Å². The lowest BCUT2D eigenvalue weighted by molar-refractivity contribution is 0.00728. The van der Waals surface area contributed by atoms with Gasteiger partial charge in [-0.15, -0.1) is 0 Å². The summed E-state index contributed by atoms with van der Waals surface area (Å²) in [5.41, 5.74) is 0.652. The highest BCUT2D eigenvalue weighted by molar-refractivity contribution is 5.94. The molecular weight excluding hydrogens is 518 g/mol. The lowest BCUT2D eigenvalue weighted by Gasteiger charge is -2.54. The molecule has 41 heavy (non-hydrogen) atoms. The number of carbonyl (C=O) groups excluding carboxylic acids is 1. The van der Waals surface area contributed by atoms with Crippen molar-refractivity contribution in [1.29, 1.82) is 0 Å². The first-order chi connectivity index (χ1) is 20.2. The molecule has 10 heteroatoms. The monoisotopic (exact) mass is 563 g/mol. The summed E-state index contributed by atoms with van der Waals surface area (Å²) in [6.07, 6.45) is 11.7. The van der Waals surface area contributed by atoms with Gasteiger partial charge >= 0.3 is 0 Å². The Kier molecular flexibility index (Phi) is 9.47. The van der Waals surface area contributed by atoms with E-state index in [4.69, 9.17) is 19.4 Å². The molecule has 2 aromatic rings. The first-order valence-corrected chi connectivity index (χ1v) is 15.7. The molecule has 0 radical (unpaired) electrons. The van der Waals surface area contributed by atoms with Gasteiger partial charge in [0.1, 0.15) is 0 Å². The summed E-state index contributed by atoms with van der Waals surface area (Å²) >= 11 is 0. The van der Waals surface area contributed by atoms with E-state index in [-0.39, 0.29) is 5.91 Å². The van der Waals surface area contributed by atoms with Crippen LogP contribution in [0.25, 0.3) is 0 Å². The molecule has 1 amide bonds. The zero-order valence-electron chi connectivity index (χ0n) is 24.0. The topological polar surface area (TPSA) is 122 Å². The standard InChI is InChI=1S/C31H45N7O3/c39-28(23-6-2-1-3-7-23)32-10-12-40-14-15-41-13-11-33-29-36-30(34-26-8-4-5-9-26)38-31(37-29)35-27-24-17-21-16-22(19-24)20-25(27)18-21/h1-3,6-7,21-22,24-27H,4-5,8-20H2,(H,32,39)(H3,33,34,35,36,37,38). The lowest BCUT2D eigenvalue weighted by Crippen LogP contribution is -2.51. The third-order valence-corrected chi connectivity index (χ3v) is 9.32. The molecule has 0 atom stereocenters. The van der Waals surface area contributed by atoms with Gasteiger partial charge in [0.15, 0.2) is 0 Å². The Morgan fingerprint density at radius 1 is 0.732 bits per heavy atom. The van der Waals surface area contributed by atoms with Crippen LogP contribution < -0.4 is 21.3 Å². The quantitative estimate of drug-likeness (QED) is 0.234. The molecule has 1 aromatic heterocycles. The van der Waals surface area contributed by atoms with E-state index in [9.17, 15) is 4.79 Å². The Balaban J connectivity index is 0.925. The van der Waals surface area contributed by atoms with Gasteiger partial charge in [0.25, 0.3) is 5.91 Å². The van der Waals surface area contributed by atoms with Crippen LogP contribution in [0.5, 0.6) is 0 Å². The number of nitrogens with zero attached hydrogens (tertiary/aromatic N) is 3. The fraction of sp³-hybridized carbons (Fsp3) is 0.677. The number of anilines is 3. The van der Waals surface area contributed by atoms with Crippen LogP contribution in [-0.4, -0.2) is 72.5 Å². The second-order valence-corrected chi connectivity index (χ2v) is 12.3. The molecule has 5 aliphatic rings. The average molecular weight is 564 g/mol. The minimum atomic E-state index is -0.0899. The molecule has 5 fully saturated rings. The molecule has 4 bridgehead atoms. The van der Waals surface area contributed by atoms with Crippen LogP contribution in [-0.2, 0) is 9.47 Å². The maximum absolute atomic E-state index is 12.0. The number of carbonyl (C=O) groups is 1. The van der Waals surface area contributed by atoms with Crippen molar-refractivity contribution in [3.05, 3.63) is 35.9 Å². The minimum Gasteiger partial charge on any atom is -0.377 e. The van der Waals surface area contributed by atoms with Gasteiger partial charge in [0.05, 0.1) is 26.4 Å². The number of amides is 1. The molecule has 10 nitrogen and oxygen atoms in total. The van der Waals surface area contributed by atoms with Gasteiger partial charge in [-0.3, -0.25) is 4.79 Å². The molecule has 0 saturated heterocycles. The molecule has 1 aromatic carbocycles. The maximum Gasteiger partial charge on any atom is 0.251 e. The highest BCUT2D eigenvalue weighted by atomic mass is 16.5. The number of aromatic nitrogens is 3. The van der Waals surface area contributed by atoms with Crippen LogP contribution in [0.4, 0.5) is 17.8 Å². The van der Waals surface area contributed by atoms with Crippen LogP contribution in [0.15, 0.2) is 30.3 Å². The van der Waals surface area contributed by atoms with Crippen molar-refractivity contribution in [3.63, 3.8) is 0 Å². The molecule has 7 rings (SSSR count). The van der Waals surface area contributed by atoms with E-state index in [1.165, 1.54) is 57.8 Å². The molecule has 0 unspecified atom stereocenters. The highest BCUT2D eigenvalue weighted by Crippen LogP contribution is 2.54. The molecule has 1 heterocycles. The van der Waals surface area contributed by atoms with Crippen molar-refractivity contribution < 1.29 is 14.3 Å². The summed E-state index contributed by atoms with van der Waals surface area (Å²) < 4.78 is 11.3. The van der Waals surface area contributed by atoms with Gasteiger partial charge in [-0.2, -0.15) is 15.0 Å². The number of hydrogen-bond acceptors (Lipinski definition) is 9. The van der Waals surface area contributed by atoms with E-state index >= 15 is 0 Å². The fourth-order valence-corrected chi connectivity index (χ4v) is 7.63. The highest BCUT2D eigenvalue weighted by Gasteiger charge is 2.48. The first-order valence-electron chi connectivity index (χ1n) is 15.7. The molecule has 4 N–H and O–H groups in total. The third-order valence-electron chi connectivity index (χ3n) is 9.32. The first kappa shape index (κ1) is 28.2. The van der Waals surface area contributed by atoms with E-state index in [1.54, 1.807) is 12.1 Å². The summed E-state index contributed by atoms with van der Waals surface area (Å²) in [7, 11) is 0. The third kappa shape index (κ3) is 7.65. The van der Waals surface area contributed by atoms with Crippen LogP contribution in [0.2, 0.25) is 0 Å². The molecular formula is C31H45N7O3. The summed E-state index contributed by atoms with van der Waals surface area (Å²) in [5.74, 6) is 5.23. The number of benzene rings is 1. The summed E-state index contributed by atoms with van der Waals surface area (Å²) in [4.78, 5) is 26.3. The van der Waals surface area contributed by atoms with Gasteiger partial charge in [-0.05, 0) is 80.8 Å². The predicted molar refractivity (Wildman–Crippen MR) is 159 cm³/mol. The second-order valence-electron chi connectivity index (χ2n) is 12.3. The molecule has 0 aliphatic heterocycles. The smallest absolute Gasteiger partial charge is 0.251 e.